The predicted octanol–water partition coefficient (Wildman–Crippen LogP) is 1.56. The summed E-state index contributed by atoms with van der Waals surface area (Å²) < 4.78 is 0. The Morgan fingerprint density at radius 3 is 2.44 bits per heavy atom. The molecular weight excluding hydrogens is 248 g/mol. The Kier molecular flexibility index (Phi) is 3.38. The van der Waals surface area contributed by atoms with Crippen molar-refractivity contribution in [1.29, 1.82) is 0 Å². The number of amides is 2. The minimum absolute atomic E-state index is 0.130. The van der Waals surface area contributed by atoms with Crippen LogP contribution in [0, 0.1) is 5.41 Å². The van der Waals surface area contributed by atoms with E-state index in [1.54, 1.807) is 6.92 Å². The first-order valence-corrected chi connectivity index (χ1v) is 7.46. The van der Waals surface area contributed by atoms with Crippen molar-refractivity contribution in [2.45, 2.75) is 39.0 Å². The molecule has 0 radical (unpaired) electrons. The van der Waals surface area contributed by atoms with Crippen molar-refractivity contribution in [2.24, 2.45) is 5.41 Å². The maximum absolute atomic E-state index is 12.3. The number of carbonyl (C=O) groups is 2. The van der Waals surface area contributed by atoms with Gasteiger partial charge in [-0.3, -0.25) is 9.59 Å². The van der Waals surface area contributed by atoms with Crippen molar-refractivity contribution in [2.75, 3.05) is 25.4 Å². The number of thioether (sulfide) groups is 1. The monoisotopic (exact) mass is 270 g/mol. The fraction of sp³-hybridized carbons (Fsp3) is 0.846. The zero-order valence-corrected chi connectivity index (χ0v) is 12.5. The molecule has 0 aliphatic carbocycles. The minimum Gasteiger partial charge on any atom is -0.339 e. The molecule has 2 fully saturated rings. The van der Waals surface area contributed by atoms with Gasteiger partial charge in [0.15, 0.2) is 0 Å². The lowest BCUT2D eigenvalue weighted by molar-refractivity contribution is -0.139. The van der Waals surface area contributed by atoms with Gasteiger partial charge in [0.05, 0.1) is 6.54 Å². The highest BCUT2D eigenvalue weighted by Gasteiger charge is 2.50. The van der Waals surface area contributed by atoms with Crippen LogP contribution in [0.2, 0.25) is 0 Å². The van der Waals surface area contributed by atoms with E-state index >= 15 is 0 Å². The Labute approximate surface area is 113 Å². The molecule has 1 atom stereocenters. The molecule has 0 aromatic carbocycles. The van der Waals surface area contributed by atoms with E-state index in [9.17, 15) is 9.59 Å². The average molecular weight is 270 g/mol. The van der Waals surface area contributed by atoms with Crippen molar-refractivity contribution in [1.82, 2.24) is 9.80 Å². The molecule has 1 unspecified atom stereocenters. The van der Waals surface area contributed by atoms with E-state index in [0.717, 1.165) is 25.3 Å². The van der Waals surface area contributed by atoms with Crippen LogP contribution in [0.4, 0.5) is 0 Å². The molecule has 0 N–H and O–H groups in total. The van der Waals surface area contributed by atoms with Crippen LogP contribution in [0.3, 0.4) is 0 Å². The molecule has 2 heterocycles. The van der Waals surface area contributed by atoms with E-state index < -0.39 is 0 Å². The summed E-state index contributed by atoms with van der Waals surface area (Å²) in [7, 11) is 0. The summed E-state index contributed by atoms with van der Waals surface area (Å²) in [6.07, 6.45) is 0.902. The highest BCUT2D eigenvalue weighted by atomic mass is 32.2. The van der Waals surface area contributed by atoms with Crippen molar-refractivity contribution >= 4 is 23.6 Å². The lowest BCUT2D eigenvalue weighted by atomic mass is 9.95. The lowest BCUT2D eigenvalue weighted by Crippen LogP contribution is -2.48. The number of nitrogens with zero attached hydrogens (tertiary/aromatic N) is 2. The normalized spacial score (nSPS) is 28.2. The van der Waals surface area contributed by atoms with Crippen molar-refractivity contribution in [3.63, 3.8) is 0 Å². The third-order valence-corrected chi connectivity index (χ3v) is 5.17. The summed E-state index contributed by atoms with van der Waals surface area (Å²) in [5.41, 5.74) is -0.337. The van der Waals surface area contributed by atoms with Crippen LogP contribution in [0.25, 0.3) is 0 Å². The largest absolute Gasteiger partial charge is 0.339 e. The first-order chi connectivity index (χ1) is 8.26. The molecule has 5 heteroatoms. The zero-order chi connectivity index (χ0) is 13.6. The summed E-state index contributed by atoms with van der Waals surface area (Å²) in [6, 6.07) is 0. The predicted molar refractivity (Wildman–Crippen MR) is 73.2 cm³/mol. The Balaban J connectivity index is 2.12. The van der Waals surface area contributed by atoms with Crippen LogP contribution >= 0.6 is 11.8 Å². The number of hydrogen-bond donors (Lipinski definition) is 0. The molecule has 2 rings (SSSR count). The van der Waals surface area contributed by atoms with Crippen LogP contribution in [0.15, 0.2) is 0 Å². The second kappa shape index (κ2) is 4.44. The van der Waals surface area contributed by atoms with Gasteiger partial charge in [0.25, 0.3) is 0 Å². The third kappa shape index (κ3) is 2.25. The van der Waals surface area contributed by atoms with E-state index in [1.165, 1.54) is 0 Å². The van der Waals surface area contributed by atoms with Gasteiger partial charge in [-0.25, -0.2) is 0 Å². The fourth-order valence-corrected chi connectivity index (χ4v) is 4.32. The fourth-order valence-electron chi connectivity index (χ4n) is 2.80. The Bertz CT molecular complexity index is 378. The van der Waals surface area contributed by atoms with Gasteiger partial charge in [0.2, 0.25) is 11.8 Å². The molecule has 2 amide bonds. The highest BCUT2D eigenvalue weighted by molar-refractivity contribution is 8.00. The molecule has 1 spiro atoms. The maximum Gasteiger partial charge on any atom is 0.228 e. The zero-order valence-electron chi connectivity index (χ0n) is 11.7. The molecule has 0 aromatic rings. The molecule has 0 saturated carbocycles. The minimum atomic E-state index is -0.337. The molecule has 2 saturated heterocycles. The first-order valence-electron chi connectivity index (χ1n) is 6.48. The molecule has 0 aromatic heterocycles. The molecule has 0 bridgehead atoms. The van der Waals surface area contributed by atoms with Gasteiger partial charge >= 0.3 is 0 Å². The van der Waals surface area contributed by atoms with Crippen LogP contribution in [0.1, 0.15) is 34.1 Å². The molecule has 2 aliphatic heterocycles. The second-order valence-electron chi connectivity index (χ2n) is 6.19. The van der Waals surface area contributed by atoms with Gasteiger partial charge in [0, 0.05) is 31.2 Å². The summed E-state index contributed by atoms with van der Waals surface area (Å²) in [5, 5.41) is 0. The summed E-state index contributed by atoms with van der Waals surface area (Å²) >= 11 is 1.83. The second-order valence-corrected chi connectivity index (χ2v) is 7.65. The topological polar surface area (TPSA) is 40.6 Å². The third-order valence-electron chi connectivity index (χ3n) is 3.70. The molecular formula is C13H22N2O2S. The van der Waals surface area contributed by atoms with Gasteiger partial charge in [-0.1, -0.05) is 20.8 Å². The van der Waals surface area contributed by atoms with E-state index in [-0.39, 0.29) is 22.1 Å². The van der Waals surface area contributed by atoms with Crippen LogP contribution in [-0.2, 0) is 9.59 Å². The average Bonchev–Trinajstić information content (AvgIpc) is 2.84. The summed E-state index contributed by atoms with van der Waals surface area (Å²) in [5.74, 6) is 1.30. The number of hydrogen-bond acceptors (Lipinski definition) is 3. The smallest absolute Gasteiger partial charge is 0.228 e. The van der Waals surface area contributed by atoms with Crippen LogP contribution < -0.4 is 0 Å². The lowest BCUT2D eigenvalue weighted by Gasteiger charge is -2.34. The molecule has 2 aliphatic rings. The van der Waals surface area contributed by atoms with Crippen molar-refractivity contribution in [3.05, 3.63) is 0 Å². The molecule has 4 nitrogen and oxygen atoms in total. The molecule has 102 valence electrons. The van der Waals surface area contributed by atoms with Crippen LogP contribution in [-0.4, -0.2) is 51.9 Å². The quantitative estimate of drug-likeness (QED) is 0.670. The Hall–Kier alpha value is -0.710. The van der Waals surface area contributed by atoms with Crippen molar-refractivity contribution in [3.8, 4) is 0 Å². The van der Waals surface area contributed by atoms with Gasteiger partial charge in [0.1, 0.15) is 4.87 Å². The van der Waals surface area contributed by atoms with E-state index in [1.807, 2.05) is 42.3 Å². The SMILES string of the molecule is CC(=O)N1CCSC12CCN(C(=O)C(C)(C)C)C2. The number of carbonyl (C=O) groups excluding carboxylic acids is 2. The maximum atomic E-state index is 12.3. The van der Waals surface area contributed by atoms with Crippen molar-refractivity contribution < 1.29 is 9.59 Å². The van der Waals surface area contributed by atoms with E-state index in [0.29, 0.717) is 6.54 Å². The van der Waals surface area contributed by atoms with Gasteiger partial charge in [-0.05, 0) is 6.42 Å². The first kappa shape index (κ1) is 13.7. The van der Waals surface area contributed by atoms with Crippen LogP contribution in [0.5, 0.6) is 0 Å². The molecule has 18 heavy (non-hydrogen) atoms. The van der Waals surface area contributed by atoms with Gasteiger partial charge < -0.3 is 9.80 Å². The summed E-state index contributed by atoms with van der Waals surface area (Å²) in [6.45, 7) is 9.75. The standard InChI is InChI=1S/C13H22N2O2S/c1-10(16)15-7-8-18-13(15)5-6-14(9-13)11(17)12(2,3)4/h5-9H2,1-4H3. The highest BCUT2D eigenvalue weighted by Crippen LogP contribution is 2.43. The number of rotatable bonds is 0. The Morgan fingerprint density at radius 2 is 1.89 bits per heavy atom. The number of likely N-dealkylation sites (tertiary alicyclic amines) is 1. The van der Waals surface area contributed by atoms with Gasteiger partial charge in [-0.15, -0.1) is 11.8 Å². The Morgan fingerprint density at radius 1 is 1.22 bits per heavy atom. The van der Waals surface area contributed by atoms with E-state index in [4.69, 9.17) is 0 Å². The van der Waals surface area contributed by atoms with Gasteiger partial charge in [-0.2, -0.15) is 0 Å². The van der Waals surface area contributed by atoms with E-state index in [2.05, 4.69) is 0 Å². The summed E-state index contributed by atoms with van der Waals surface area (Å²) in [4.78, 5) is 27.7.